The second-order valence-electron chi connectivity index (χ2n) is 6.33. The number of benzene rings is 1. The van der Waals surface area contributed by atoms with Crippen LogP contribution in [0.15, 0.2) is 72.6 Å². The Bertz CT molecular complexity index is 788. The molecule has 0 radical (unpaired) electrons. The average Bonchev–Trinajstić information content (AvgIpc) is 3.04. The number of oxime groups is 1. The highest BCUT2D eigenvalue weighted by atomic mass is 16.6. The molecule has 1 amide bonds. The summed E-state index contributed by atoms with van der Waals surface area (Å²) in [5, 5.41) is 13.5. The van der Waals surface area contributed by atoms with Gasteiger partial charge in [-0.3, -0.25) is 4.79 Å². The van der Waals surface area contributed by atoms with Crippen LogP contribution in [0, 0.1) is 0 Å². The van der Waals surface area contributed by atoms with Crippen molar-refractivity contribution in [1.82, 2.24) is 4.90 Å². The first-order valence-corrected chi connectivity index (χ1v) is 8.82. The molecule has 0 saturated carbocycles. The van der Waals surface area contributed by atoms with E-state index >= 15 is 0 Å². The van der Waals surface area contributed by atoms with Crippen LogP contribution in [0.2, 0.25) is 0 Å². The first kappa shape index (κ1) is 20.2. The maximum atomic E-state index is 13.0. The lowest BCUT2D eigenvalue weighted by Crippen LogP contribution is -2.36. The number of rotatable bonds is 7. The molecule has 1 atom stereocenters. The van der Waals surface area contributed by atoms with E-state index in [1.807, 2.05) is 37.3 Å². The Morgan fingerprint density at radius 1 is 1.37 bits per heavy atom. The Kier molecular flexibility index (Phi) is 7.17. The number of hydrogen-bond donors (Lipinski definition) is 1. The third kappa shape index (κ3) is 5.20. The van der Waals surface area contributed by atoms with E-state index in [0.717, 1.165) is 16.8 Å². The maximum Gasteiger partial charge on any atom is 0.254 e. The van der Waals surface area contributed by atoms with Crippen LogP contribution in [0.3, 0.4) is 0 Å². The molecule has 1 unspecified atom stereocenters. The maximum absolute atomic E-state index is 13.0. The summed E-state index contributed by atoms with van der Waals surface area (Å²) in [7, 11) is 1.48. The number of allylic oxidation sites excluding steroid dienone is 5. The van der Waals surface area contributed by atoms with Crippen molar-refractivity contribution in [2.75, 3.05) is 13.7 Å². The highest BCUT2D eigenvalue weighted by Crippen LogP contribution is 2.24. The van der Waals surface area contributed by atoms with Crippen LogP contribution in [-0.4, -0.2) is 41.3 Å². The van der Waals surface area contributed by atoms with E-state index in [9.17, 15) is 9.90 Å². The first-order chi connectivity index (χ1) is 13.0. The van der Waals surface area contributed by atoms with Crippen molar-refractivity contribution in [1.29, 1.82) is 0 Å². The molecule has 1 aromatic carbocycles. The zero-order valence-electron chi connectivity index (χ0n) is 15.9. The van der Waals surface area contributed by atoms with Gasteiger partial charge in [0.2, 0.25) is 0 Å². The molecule has 1 aromatic rings. The van der Waals surface area contributed by atoms with Gasteiger partial charge >= 0.3 is 0 Å². The fourth-order valence-corrected chi connectivity index (χ4v) is 3.11. The van der Waals surface area contributed by atoms with Gasteiger partial charge in [-0.25, -0.2) is 0 Å². The second-order valence-corrected chi connectivity index (χ2v) is 6.33. The largest absolute Gasteiger partial charge is 0.513 e. The molecule has 1 N–H and O–H groups in total. The van der Waals surface area contributed by atoms with Gasteiger partial charge in [-0.15, -0.1) is 0 Å². The summed E-state index contributed by atoms with van der Waals surface area (Å²) >= 11 is 0. The van der Waals surface area contributed by atoms with Gasteiger partial charge in [-0.05, 0) is 30.2 Å². The zero-order valence-corrected chi connectivity index (χ0v) is 15.9. The fraction of sp³-hybridized carbons (Fsp3) is 0.273. The van der Waals surface area contributed by atoms with Crippen molar-refractivity contribution in [2.24, 2.45) is 5.16 Å². The Labute approximate surface area is 160 Å². The number of aliphatic hydroxyl groups is 1. The Morgan fingerprint density at radius 2 is 2.04 bits per heavy atom. The van der Waals surface area contributed by atoms with E-state index < -0.39 is 0 Å². The smallest absolute Gasteiger partial charge is 0.254 e. The number of likely N-dealkylation sites (tertiary alicyclic amines) is 1. The van der Waals surface area contributed by atoms with Crippen LogP contribution in [0.25, 0.3) is 5.57 Å². The van der Waals surface area contributed by atoms with Crippen LogP contribution in [0.4, 0.5) is 0 Å². The molecule has 1 aliphatic rings. The van der Waals surface area contributed by atoms with E-state index in [-0.39, 0.29) is 17.7 Å². The summed E-state index contributed by atoms with van der Waals surface area (Å²) in [5.74, 6) is -0.0526. The lowest BCUT2D eigenvalue weighted by Gasteiger charge is -2.23. The summed E-state index contributed by atoms with van der Waals surface area (Å²) < 4.78 is 0. The van der Waals surface area contributed by atoms with Gasteiger partial charge in [0.15, 0.2) is 0 Å². The van der Waals surface area contributed by atoms with Crippen molar-refractivity contribution in [2.45, 2.75) is 25.8 Å². The molecule has 1 saturated heterocycles. The number of hydrogen-bond acceptors (Lipinski definition) is 4. The minimum atomic E-state index is -0.179. The van der Waals surface area contributed by atoms with Gasteiger partial charge < -0.3 is 14.8 Å². The number of amides is 1. The van der Waals surface area contributed by atoms with Crippen LogP contribution >= 0.6 is 0 Å². The summed E-state index contributed by atoms with van der Waals surface area (Å²) in [6.45, 7) is 9.72. The van der Waals surface area contributed by atoms with Crippen molar-refractivity contribution in [3.05, 3.63) is 78.6 Å². The molecular weight excluding hydrogens is 340 g/mol. The van der Waals surface area contributed by atoms with Crippen molar-refractivity contribution >= 4 is 17.2 Å². The predicted octanol–water partition coefficient (Wildman–Crippen LogP) is 4.51. The number of carbonyl (C=O) groups excluding carboxylic acids is 1. The van der Waals surface area contributed by atoms with Crippen LogP contribution < -0.4 is 0 Å². The molecule has 0 aromatic heterocycles. The van der Waals surface area contributed by atoms with Gasteiger partial charge in [0.05, 0.1) is 18.0 Å². The molecule has 5 nitrogen and oxygen atoms in total. The highest BCUT2D eigenvalue weighted by Gasteiger charge is 2.34. The minimum absolute atomic E-state index is 0.0524. The molecule has 1 heterocycles. The average molecular weight is 366 g/mol. The van der Waals surface area contributed by atoms with E-state index in [0.29, 0.717) is 24.9 Å². The first-order valence-electron chi connectivity index (χ1n) is 8.82. The molecule has 0 aliphatic carbocycles. The minimum Gasteiger partial charge on any atom is -0.513 e. The normalized spacial score (nSPS) is 18.9. The van der Waals surface area contributed by atoms with Gasteiger partial charge in [0.25, 0.3) is 5.91 Å². The van der Waals surface area contributed by atoms with Crippen molar-refractivity contribution in [3.63, 3.8) is 0 Å². The van der Waals surface area contributed by atoms with E-state index in [1.165, 1.54) is 7.11 Å². The van der Waals surface area contributed by atoms with Crippen molar-refractivity contribution < 1.29 is 14.7 Å². The van der Waals surface area contributed by atoms with Gasteiger partial charge in [0.1, 0.15) is 7.11 Å². The predicted molar refractivity (Wildman–Crippen MR) is 110 cm³/mol. The van der Waals surface area contributed by atoms with Crippen LogP contribution in [-0.2, 0) is 4.84 Å². The third-order valence-corrected chi connectivity index (χ3v) is 4.37. The number of carbonyl (C=O) groups is 1. The number of nitrogens with zero attached hydrogens (tertiary/aromatic N) is 2. The van der Waals surface area contributed by atoms with E-state index in [4.69, 9.17) is 4.84 Å². The second kappa shape index (κ2) is 9.57. The third-order valence-electron chi connectivity index (χ3n) is 4.37. The van der Waals surface area contributed by atoms with E-state index in [2.05, 4.69) is 18.3 Å². The summed E-state index contributed by atoms with van der Waals surface area (Å²) in [5.41, 5.74) is 3.33. The lowest BCUT2D eigenvalue weighted by molar-refractivity contribution is 0.0734. The Morgan fingerprint density at radius 3 is 2.59 bits per heavy atom. The van der Waals surface area contributed by atoms with Gasteiger partial charge in [-0.2, -0.15) is 0 Å². The molecule has 27 heavy (non-hydrogen) atoms. The molecule has 0 spiro atoms. The highest BCUT2D eigenvalue weighted by molar-refractivity contribution is 6.00. The lowest BCUT2D eigenvalue weighted by atomic mass is 10.0. The van der Waals surface area contributed by atoms with Crippen LogP contribution in [0.5, 0.6) is 0 Å². The molecule has 142 valence electrons. The van der Waals surface area contributed by atoms with Gasteiger partial charge in [0, 0.05) is 24.4 Å². The SMILES string of the molecule is C=C/C(=C\C=C/C)c1ccc(C(=O)N2C/C(=N\OC)CC2CC(=C)O)cc1. The van der Waals surface area contributed by atoms with Crippen LogP contribution in [0.1, 0.15) is 35.7 Å². The van der Waals surface area contributed by atoms with Gasteiger partial charge in [-0.1, -0.05) is 54.8 Å². The molecule has 1 aliphatic heterocycles. The Hall–Kier alpha value is -3.08. The molecule has 0 bridgehead atoms. The van der Waals surface area contributed by atoms with E-state index in [1.54, 1.807) is 23.1 Å². The topological polar surface area (TPSA) is 62.1 Å². The molecule has 1 fully saturated rings. The van der Waals surface area contributed by atoms with Crippen molar-refractivity contribution in [3.8, 4) is 0 Å². The monoisotopic (exact) mass is 366 g/mol. The summed E-state index contributed by atoms with van der Waals surface area (Å²) in [4.78, 5) is 19.5. The molecule has 2 rings (SSSR count). The quantitative estimate of drug-likeness (QED) is 0.439. The Balaban J connectivity index is 2.23. The zero-order chi connectivity index (χ0) is 19.8. The standard InChI is InChI=1S/C22H26N2O3/c1-5-7-8-17(6-2)18-9-11-19(12-10-18)22(26)24-15-20(23-27-4)14-21(24)13-16(3)25/h5-12,21,25H,2-3,13-15H2,1,4H3/b7-5-,17-8+,23-20-. The fourth-order valence-electron chi connectivity index (χ4n) is 3.11. The molecule has 5 heteroatoms. The molecular formula is C22H26N2O3. The number of aliphatic hydroxyl groups excluding tert-OH is 1. The summed E-state index contributed by atoms with van der Waals surface area (Å²) in [6.07, 6.45) is 8.53. The summed E-state index contributed by atoms with van der Waals surface area (Å²) in [6, 6.07) is 7.25.